The third-order valence-electron chi connectivity index (χ3n) is 3.89. The number of thioether (sulfide) groups is 1. The van der Waals surface area contributed by atoms with E-state index in [-0.39, 0.29) is 0 Å². The summed E-state index contributed by atoms with van der Waals surface area (Å²) in [6.45, 7) is 9.05. The van der Waals surface area contributed by atoms with Gasteiger partial charge < -0.3 is 5.32 Å². The van der Waals surface area contributed by atoms with Crippen molar-refractivity contribution in [3.05, 3.63) is 42.0 Å². The Hall–Kier alpha value is -0.770. The fourth-order valence-electron chi connectivity index (χ4n) is 2.58. The van der Waals surface area contributed by atoms with E-state index < -0.39 is 0 Å². The van der Waals surface area contributed by atoms with Gasteiger partial charge in [0.15, 0.2) is 0 Å². The predicted molar refractivity (Wildman–Crippen MR) is 94.1 cm³/mol. The van der Waals surface area contributed by atoms with Crippen LogP contribution in [0.15, 0.2) is 46.9 Å². The molecule has 0 radical (unpaired) electrons. The first-order chi connectivity index (χ1) is 10.2. The van der Waals surface area contributed by atoms with E-state index >= 15 is 0 Å². The number of piperidine rings is 1. The Bertz CT molecular complexity index is 418. The van der Waals surface area contributed by atoms with Crippen molar-refractivity contribution in [1.82, 2.24) is 10.2 Å². The molecule has 2 nitrogen and oxygen atoms in total. The highest BCUT2D eigenvalue weighted by Crippen LogP contribution is 2.16. The highest BCUT2D eigenvalue weighted by molar-refractivity contribution is 7.99. The van der Waals surface area contributed by atoms with Crippen molar-refractivity contribution in [3.8, 4) is 0 Å². The number of likely N-dealkylation sites (tertiary alicyclic amines) is 1. The van der Waals surface area contributed by atoms with Crippen molar-refractivity contribution < 1.29 is 0 Å². The minimum atomic E-state index is 0.712. The van der Waals surface area contributed by atoms with Gasteiger partial charge in [-0.05, 0) is 51.9 Å². The number of nitrogens with zero attached hydrogens (tertiary/aromatic N) is 1. The van der Waals surface area contributed by atoms with Crippen molar-refractivity contribution in [3.63, 3.8) is 0 Å². The van der Waals surface area contributed by atoms with Gasteiger partial charge in [-0.15, -0.1) is 11.8 Å². The number of benzene rings is 1. The van der Waals surface area contributed by atoms with Gasteiger partial charge in [-0.25, -0.2) is 0 Å². The van der Waals surface area contributed by atoms with E-state index in [9.17, 15) is 0 Å². The third kappa shape index (κ3) is 6.68. The van der Waals surface area contributed by atoms with Crippen molar-refractivity contribution in [1.29, 1.82) is 0 Å². The first-order valence-corrected chi connectivity index (χ1v) is 8.99. The summed E-state index contributed by atoms with van der Waals surface area (Å²) in [6, 6.07) is 11.4. The third-order valence-corrected chi connectivity index (χ3v) is 4.91. The second-order valence-corrected chi connectivity index (χ2v) is 7.14. The van der Waals surface area contributed by atoms with Crippen LogP contribution in [0.2, 0.25) is 0 Å². The smallest absolute Gasteiger partial charge is 0.0165 e. The lowest BCUT2D eigenvalue weighted by molar-refractivity contribution is 0.216. The molecule has 1 aliphatic rings. The van der Waals surface area contributed by atoms with Gasteiger partial charge in [-0.2, -0.15) is 0 Å². The average molecular weight is 305 g/mol. The molecule has 1 aliphatic heterocycles. The molecule has 0 aliphatic carbocycles. The number of rotatable bonds is 7. The number of hydrogen-bond acceptors (Lipinski definition) is 3. The van der Waals surface area contributed by atoms with Crippen LogP contribution in [0, 0.1) is 0 Å². The quantitative estimate of drug-likeness (QED) is 0.468. The maximum absolute atomic E-state index is 3.71. The minimum absolute atomic E-state index is 0.712. The van der Waals surface area contributed by atoms with Crippen LogP contribution in [0.5, 0.6) is 0 Å². The molecule has 116 valence electrons. The summed E-state index contributed by atoms with van der Waals surface area (Å²) in [5.41, 5.74) is 1.42. The Balaban J connectivity index is 1.56. The van der Waals surface area contributed by atoms with Crippen molar-refractivity contribution in [2.45, 2.75) is 37.6 Å². The highest BCUT2D eigenvalue weighted by atomic mass is 32.2. The normalized spacial score (nSPS) is 16.9. The second-order valence-electron chi connectivity index (χ2n) is 5.97. The van der Waals surface area contributed by atoms with Crippen LogP contribution in [-0.2, 0) is 0 Å². The summed E-state index contributed by atoms with van der Waals surface area (Å²) in [5.74, 6) is 1.15. The molecule has 1 aromatic rings. The van der Waals surface area contributed by atoms with Gasteiger partial charge in [-0.3, -0.25) is 4.90 Å². The van der Waals surface area contributed by atoms with Crippen LogP contribution in [0.4, 0.5) is 0 Å². The van der Waals surface area contributed by atoms with E-state index in [2.05, 4.69) is 60.5 Å². The summed E-state index contributed by atoms with van der Waals surface area (Å²) >= 11 is 1.94. The SMILES string of the molecule is CC(C)=CCN1CCC(NCCSc2ccccc2)CC1. The Labute approximate surface area is 134 Å². The predicted octanol–water partition coefficient (Wildman–Crippen LogP) is 3.80. The molecule has 0 spiro atoms. The molecule has 2 rings (SSSR count). The van der Waals surface area contributed by atoms with E-state index in [1.165, 1.54) is 36.4 Å². The Morgan fingerprint density at radius 3 is 2.62 bits per heavy atom. The summed E-state index contributed by atoms with van der Waals surface area (Å²) in [5, 5.41) is 3.71. The molecule has 1 N–H and O–H groups in total. The van der Waals surface area contributed by atoms with E-state index in [1.54, 1.807) is 0 Å². The van der Waals surface area contributed by atoms with E-state index in [0.717, 1.165) is 18.8 Å². The maximum Gasteiger partial charge on any atom is 0.0165 e. The van der Waals surface area contributed by atoms with Gasteiger partial charge in [0.2, 0.25) is 0 Å². The molecule has 3 heteroatoms. The highest BCUT2D eigenvalue weighted by Gasteiger charge is 2.17. The second kappa shape index (κ2) is 9.29. The molecule has 0 saturated carbocycles. The average Bonchev–Trinajstić information content (AvgIpc) is 2.52. The summed E-state index contributed by atoms with van der Waals surface area (Å²) < 4.78 is 0. The molecule has 0 atom stereocenters. The summed E-state index contributed by atoms with van der Waals surface area (Å²) in [6.07, 6.45) is 4.91. The van der Waals surface area contributed by atoms with Gasteiger partial charge in [0.05, 0.1) is 0 Å². The van der Waals surface area contributed by atoms with Crippen LogP contribution >= 0.6 is 11.8 Å². The van der Waals surface area contributed by atoms with Crippen LogP contribution in [0.25, 0.3) is 0 Å². The molecular weight excluding hydrogens is 276 g/mol. The fraction of sp³-hybridized carbons (Fsp3) is 0.556. The molecule has 0 bridgehead atoms. The number of nitrogens with one attached hydrogen (secondary N) is 1. The topological polar surface area (TPSA) is 15.3 Å². The summed E-state index contributed by atoms with van der Waals surface area (Å²) in [4.78, 5) is 3.93. The monoisotopic (exact) mass is 304 g/mol. The lowest BCUT2D eigenvalue weighted by Gasteiger charge is -2.31. The van der Waals surface area contributed by atoms with E-state index in [0.29, 0.717) is 6.04 Å². The zero-order valence-electron chi connectivity index (χ0n) is 13.3. The molecule has 1 aromatic carbocycles. The first-order valence-electron chi connectivity index (χ1n) is 8.01. The zero-order chi connectivity index (χ0) is 14.9. The lowest BCUT2D eigenvalue weighted by Crippen LogP contribution is -2.43. The fourth-order valence-corrected chi connectivity index (χ4v) is 3.39. The van der Waals surface area contributed by atoms with Crippen LogP contribution < -0.4 is 5.32 Å². The van der Waals surface area contributed by atoms with Crippen LogP contribution in [0.3, 0.4) is 0 Å². The molecule has 0 amide bonds. The van der Waals surface area contributed by atoms with E-state index in [4.69, 9.17) is 0 Å². The Morgan fingerprint density at radius 1 is 1.24 bits per heavy atom. The standard InChI is InChI=1S/C18H28N2S/c1-16(2)8-12-20-13-9-17(10-14-20)19-11-15-21-18-6-4-3-5-7-18/h3-8,17,19H,9-15H2,1-2H3. The molecule has 21 heavy (non-hydrogen) atoms. The van der Waals surface area contributed by atoms with Gasteiger partial charge in [-0.1, -0.05) is 29.8 Å². The Morgan fingerprint density at radius 2 is 1.95 bits per heavy atom. The summed E-state index contributed by atoms with van der Waals surface area (Å²) in [7, 11) is 0. The molecule has 1 heterocycles. The van der Waals surface area contributed by atoms with Crippen LogP contribution in [0.1, 0.15) is 26.7 Å². The minimum Gasteiger partial charge on any atom is -0.313 e. The maximum atomic E-state index is 3.71. The van der Waals surface area contributed by atoms with Gasteiger partial charge in [0.1, 0.15) is 0 Å². The zero-order valence-corrected chi connectivity index (χ0v) is 14.2. The van der Waals surface area contributed by atoms with Crippen molar-refractivity contribution in [2.24, 2.45) is 0 Å². The molecule has 1 fully saturated rings. The molecule has 1 saturated heterocycles. The van der Waals surface area contributed by atoms with Gasteiger partial charge >= 0.3 is 0 Å². The van der Waals surface area contributed by atoms with Gasteiger partial charge in [0.25, 0.3) is 0 Å². The Kier molecular flexibility index (Phi) is 7.34. The number of allylic oxidation sites excluding steroid dienone is 1. The molecule has 0 aromatic heterocycles. The number of hydrogen-bond donors (Lipinski definition) is 1. The molecule has 0 unspecified atom stereocenters. The van der Waals surface area contributed by atoms with Gasteiger partial charge in [0, 0.05) is 29.8 Å². The first kappa shape index (κ1) is 16.6. The molecular formula is C18H28N2S. The van der Waals surface area contributed by atoms with Crippen molar-refractivity contribution in [2.75, 3.05) is 31.9 Å². The largest absolute Gasteiger partial charge is 0.313 e. The van der Waals surface area contributed by atoms with E-state index in [1.807, 2.05) is 11.8 Å². The van der Waals surface area contributed by atoms with Crippen LogP contribution in [-0.4, -0.2) is 42.9 Å². The van der Waals surface area contributed by atoms with Crippen molar-refractivity contribution >= 4 is 11.8 Å². The lowest BCUT2D eigenvalue weighted by atomic mass is 10.1.